The summed E-state index contributed by atoms with van der Waals surface area (Å²) in [5.74, 6) is 0.994. The molecule has 0 bridgehead atoms. The lowest BCUT2D eigenvalue weighted by Gasteiger charge is -2.03. The highest BCUT2D eigenvalue weighted by atomic mass is 16.5. The van der Waals surface area contributed by atoms with Crippen LogP contribution >= 0.6 is 0 Å². The number of nitrogens with two attached hydrogens (primary N) is 1. The third-order valence-corrected chi connectivity index (χ3v) is 3.23. The summed E-state index contributed by atoms with van der Waals surface area (Å²) in [6.45, 7) is 2.58. The van der Waals surface area contributed by atoms with E-state index in [-0.39, 0.29) is 0 Å². The second-order valence-electron chi connectivity index (χ2n) is 4.84. The highest BCUT2D eigenvalue weighted by Gasteiger charge is 2.14. The van der Waals surface area contributed by atoms with Gasteiger partial charge in [0, 0.05) is 11.8 Å². The monoisotopic (exact) mass is 280 g/mol. The van der Waals surface area contributed by atoms with Gasteiger partial charge in [-0.25, -0.2) is 0 Å². The van der Waals surface area contributed by atoms with Crippen LogP contribution in [0, 0.1) is 6.92 Å². The number of hydrogen-bond donors (Lipinski definition) is 1. The van der Waals surface area contributed by atoms with Gasteiger partial charge in [0.2, 0.25) is 5.82 Å². The first-order valence-electron chi connectivity index (χ1n) is 6.83. The summed E-state index contributed by atoms with van der Waals surface area (Å²) in [6.07, 6.45) is 2.51. The van der Waals surface area contributed by atoms with Crippen molar-refractivity contribution in [3.05, 3.63) is 53.7 Å². The minimum atomic E-state index is 0.497. The minimum absolute atomic E-state index is 0.497. The van der Waals surface area contributed by atoms with Crippen molar-refractivity contribution < 1.29 is 4.52 Å². The molecule has 0 radical (unpaired) electrons. The number of nitrogens with zero attached hydrogens (tertiary/aromatic N) is 3. The second kappa shape index (κ2) is 5.85. The van der Waals surface area contributed by atoms with Gasteiger partial charge in [-0.1, -0.05) is 23.4 Å². The Balaban J connectivity index is 1.99. The van der Waals surface area contributed by atoms with Crippen molar-refractivity contribution in [3.8, 4) is 23.0 Å². The summed E-state index contributed by atoms with van der Waals surface area (Å²) in [5, 5.41) is 4.03. The van der Waals surface area contributed by atoms with Gasteiger partial charge in [-0.3, -0.25) is 4.98 Å². The van der Waals surface area contributed by atoms with Crippen LogP contribution in [0.15, 0.2) is 47.1 Å². The maximum atomic E-state index is 5.64. The van der Waals surface area contributed by atoms with Gasteiger partial charge >= 0.3 is 0 Å². The number of pyridine rings is 1. The summed E-state index contributed by atoms with van der Waals surface area (Å²) in [4.78, 5) is 8.72. The molecule has 0 saturated heterocycles. The molecular formula is C16H16N4O. The Morgan fingerprint density at radius 1 is 1.19 bits per heavy atom. The Hall–Kier alpha value is -2.53. The van der Waals surface area contributed by atoms with E-state index >= 15 is 0 Å². The van der Waals surface area contributed by atoms with Crippen molar-refractivity contribution >= 4 is 0 Å². The molecule has 5 heteroatoms. The van der Waals surface area contributed by atoms with Crippen molar-refractivity contribution in [2.45, 2.75) is 13.3 Å². The SMILES string of the molecule is Cc1ccnc(-c2noc(-c3ccccc3CCN)n2)c1. The molecule has 0 aliphatic rings. The van der Waals surface area contributed by atoms with Crippen LogP contribution in [0.4, 0.5) is 0 Å². The summed E-state index contributed by atoms with van der Waals surface area (Å²) >= 11 is 0. The fraction of sp³-hybridized carbons (Fsp3) is 0.188. The largest absolute Gasteiger partial charge is 0.334 e. The molecule has 3 aromatic rings. The summed E-state index contributed by atoms with van der Waals surface area (Å²) in [5.41, 5.74) is 9.49. The van der Waals surface area contributed by atoms with Gasteiger partial charge in [0.05, 0.1) is 0 Å². The van der Waals surface area contributed by atoms with E-state index in [1.54, 1.807) is 6.20 Å². The van der Waals surface area contributed by atoms with Crippen LogP contribution in [0.5, 0.6) is 0 Å². The van der Waals surface area contributed by atoms with Crippen LogP contribution < -0.4 is 5.73 Å². The number of aryl methyl sites for hydroxylation is 1. The predicted octanol–water partition coefficient (Wildman–Crippen LogP) is 2.61. The molecule has 2 aromatic heterocycles. The lowest BCUT2D eigenvalue weighted by Crippen LogP contribution is -2.03. The standard InChI is InChI=1S/C16H16N4O/c1-11-7-9-18-14(10-11)15-19-16(21-20-15)13-5-3-2-4-12(13)6-8-17/h2-5,7,9-10H,6,8,17H2,1H3. The quantitative estimate of drug-likeness (QED) is 0.794. The molecule has 21 heavy (non-hydrogen) atoms. The number of rotatable bonds is 4. The zero-order valence-corrected chi connectivity index (χ0v) is 11.8. The molecule has 0 spiro atoms. The zero-order valence-electron chi connectivity index (χ0n) is 11.8. The minimum Gasteiger partial charge on any atom is -0.334 e. The van der Waals surface area contributed by atoms with Crippen molar-refractivity contribution in [3.63, 3.8) is 0 Å². The third kappa shape index (κ3) is 2.83. The molecule has 1 aromatic carbocycles. The molecule has 3 rings (SSSR count). The van der Waals surface area contributed by atoms with Crippen molar-refractivity contribution in [1.82, 2.24) is 15.1 Å². The molecule has 0 aliphatic heterocycles. The molecule has 0 amide bonds. The van der Waals surface area contributed by atoms with Gasteiger partial charge in [-0.2, -0.15) is 4.98 Å². The second-order valence-corrected chi connectivity index (χ2v) is 4.84. The van der Waals surface area contributed by atoms with E-state index in [0.717, 1.165) is 23.1 Å². The van der Waals surface area contributed by atoms with E-state index in [0.29, 0.717) is 24.0 Å². The highest BCUT2D eigenvalue weighted by molar-refractivity contribution is 5.61. The first-order valence-corrected chi connectivity index (χ1v) is 6.83. The lowest BCUT2D eigenvalue weighted by molar-refractivity contribution is 0.431. The van der Waals surface area contributed by atoms with Crippen LogP contribution in [0.3, 0.4) is 0 Å². The number of benzene rings is 1. The van der Waals surface area contributed by atoms with E-state index in [1.807, 2.05) is 43.3 Å². The Morgan fingerprint density at radius 2 is 2.05 bits per heavy atom. The number of aromatic nitrogens is 3. The maximum Gasteiger partial charge on any atom is 0.258 e. The van der Waals surface area contributed by atoms with Crippen LogP contribution in [-0.2, 0) is 6.42 Å². The summed E-state index contributed by atoms with van der Waals surface area (Å²) in [7, 11) is 0. The van der Waals surface area contributed by atoms with E-state index in [2.05, 4.69) is 15.1 Å². The molecule has 0 saturated carbocycles. The molecular weight excluding hydrogens is 264 g/mol. The van der Waals surface area contributed by atoms with E-state index in [1.165, 1.54) is 0 Å². The van der Waals surface area contributed by atoms with E-state index in [9.17, 15) is 0 Å². The average Bonchev–Trinajstić information content (AvgIpc) is 2.98. The maximum absolute atomic E-state index is 5.64. The van der Waals surface area contributed by atoms with Gasteiger partial charge in [0.1, 0.15) is 5.69 Å². The van der Waals surface area contributed by atoms with Gasteiger partial charge in [-0.15, -0.1) is 0 Å². The van der Waals surface area contributed by atoms with Crippen LogP contribution in [0.1, 0.15) is 11.1 Å². The van der Waals surface area contributed by atoms with Crippen LogP contribution in [0.25, 0.3) is 23.0 Å². The number of hydrogen-bond acceptors (Lipinski definition) is 5. The molecule has 0 fully saturated rings. The Morgan fingerprint density at radius 3 is 2.86 bits per heavy atom. The molecule has 5 nitrogen and oxygen atoms in total. The van der Waals surface area contributed by atoms with Gasteiger partial charge in [0.15, 0.2) is 0 Å². The van der Waals surface area contributed by atoms with Gasteiger partial charge in [-0.05, 0) is 49.2 Å². The van der Waals surface area contributed by atoms with Crippen molar-refractivity contribution in [2.24, 2.45) is 5.73 Å². The molecule has 0 aliphatic carbocycles. The van der Waals surface area contributed by atoms with E-state index in [4.69, 9.17) is 10.3 Å². The van der Waals surface area contributed by atoms with Gasteiger partial charge < -0.3 is 10.3 Å². The Labute approximate surface area is 122 Å². The fourth-order valence-corrected chi connectivity index (χ4v) is 2.20. The first kappa shape index (κ1) is 13.5. The molecule has 0 atom stereocenters. The lowest BCUT2D eigenvalue weighted by atomic mass is 10.0. The Kier molecular flexibility index (Phi) is 3.75. The zero-order chi connectivity index (χ0) is 14.7. The first-order chi connectivity index (χ1) is 10.3. The topological polar surface area (TPSA) is 77.8 Å². The molecule has 0 unspecified atom stereocenters. The van der Waals surface area contributed by atoms with Crippen LogP contribution in [0.2, 0.25) is 0 Å². The van der Waals surface area contributed by atoms with Crippen molar-refractivity contribution in [1.29, 1.82) is 0 Å². The molecule has 2 heterocycles. The molecule has 106 valence electrons. The Bertz CT molecular complexity index is 751. The summed E-state index contributed by atoms with van der Waals surface area (Å²) in [6, 6.07) is 11.8. The smallest absolute Gasteiger partial charge is 0.258 e. The summed E-state index contributed by atoms with van der Waals surface area (Å²) < 4.78 is 5.39. The molecule has 2 N–H and O–H groups in total. The van der Waals surface area contributed by atoms with Crippen molar-refractivity contribution in [2.75, 3.05) is 6.54 Å². The van der Waals surface area contributed by atoms with E-state index < -0.39 is 0 Å². The van der Waals surface area contributed by atoms with Crippen LogP contribution in [-0.4, -0.2) is 21.7 Å². The predicted molar refractivity (Wildman–Crippen MR) is 80.5 cm³/mol. The fourth-order valence-electron chi connectivity index (χ4n) is 2.20. The third-order valence-electron chi connectivity index (χ3n) is 3.23. The van der Waals surface area contributed by atoms with Gasteiger partial charge in [0.25, 0.3) is 5.89 Å². The highest BCUT2D eigenvalue weighted by Crippen LogP contribution is 2.24. The normalized spacial score (nSPS) is 10.8. The average molecular weight is 280 g/mol.